The first-order valence-corrected chi connectivity index (χ1v) is 12.2. The number of rotatable bonds is 9. The molecule has 0 aliphatic carbocycles. The fraction of sp³-hybridized carbons (Fsp3) is 0.321. The number of carbonyl (C=O) groups is 1. The number of piperazine rings is 1. The van der Waals surface area contributed by atoms with Crippen LogP contribution in [-0.2, 0) is 14.1 Å². The summed E-state index contributed by atoms with van der Waals surface area (Å²) in [4.78, 5) is 41.4. The van der Waals surface area contributed by atoms with Gasteiger partial charge in [-0.3, -0.25) is 23.6 Å². The number of hydrogen-bond donors (Lipinski definition) is 0. The average molecular weight is 489 g/mol. The van der Waals surface area contributed by atoms with Crippen LogP contribution in [0.1, 0.15) is 22.3 Å². The summed E-state index contributed by atoms with van der Waals surface area (Å²) < 4.78 is 8.62. The van der Waals surface area contributed by atoms with E-state index in [9.17, 15) is 14.4 Å². The maximum absolute atomic E-state index is 12.7. The Kier molecular flexibility index (Phi) is 8.17. The lowest BCUT2D eigenvalue weighted by molar-refractivity contribution is 0.104. The van der Waals surface area contributed by atoms with E-state index in [-0.39, 0.29) is 17.0 Å². The van der Waals surface area contributed by atoms with E-state index < -0.39 is 0 Å². The van der Waals surface area contributed by atoms with E-state index in [0.717, 1.165) is 49.3 Å². The molecule has 1 saturated heterocycles. The van der Waals surface area contributed by atoms with Gasteiger partial charge in [0.2, 0.25) is 0 Å². The Hall–Kier alpha value is -3.91. The summed E-state index contributed by atoms with van der Waals surface area (Å²) in [5.74, 6) is 1.17. The van der Waals surface area contributed by atoms with Crippen LogP contribution in [0.5, 0.6) is 5.75 Å². The second kappa shape index (κ2) is 11.7. The maximum Gasteiger partial charge on any atom is 0.332 e. The van der Waals surface area contributed by atoms with Gasteiger partial charge in [-0.15, -0.1) is 0 Å². The van der Waals surface area contributed by atoms with E-state index in [1.54, 1.807) is 19.2 Å². The van der Waals surface area contributed by atoms with Crippen molar-refractivity contribution in [3.8, 4) is 5.75 Å². The average Bonchev–Trinajstić information content (AvgIpc) is 2.92. The zero-order chi connectivity index (χ0) is 25.5. The smallest absolute Gasteiger partial charge is 0.332 e. The van der Waals surface area contributed by atoms with Crippen LogP contribution in [0.3, 0.4) is 0 Å². The highest BCUT2D eigenvalue weighted by Crippen LogP contribution is 2.20. The van der Waals surface area contributed by atoms with Gasteiger partial charge in [-0.05, 0) is 30.2 Å². The van der Waals surface area contributed by atoms with Gasteiger partial charge in [0, 0.05) is 52.9 Å². The molecule has 4 rings (SSSR count). The van der Waals surface area contributed by atoms with Gasteiger partial charge in [-0.25, -0.2) is 4.79 Å². The summed E-state index contributed by atoms with van der Waals surface area (Å²) in [6.45, 7) is 4.54. The molecule has 8 nitrogen and oxygen atoms in total. The molecule has 1 aliphatic heterocycles. The predicted molar refractivity (Wildman–Crippen MR) is 142 cm³/mol. The van der Waals surface area contributed by atoms with E-state index >= 15 is 0 Å². The summed E-state index contributed by atoms with van der Waals surface area (Å²) in [5, 5.41) is 0. The largest absolute Gasteiger partial charge is 0.493 e. The zero-order valence-corrected chi connectivity index (χ0v) is 20.8. The summed E-state index contributed by atoms with van der Waals surface area (Å²) in [6.07, 6.45) is 4.21. The fourth-order valence-electron chi connectivity index (χ4n) is 4.32. The van der Waals surface area contributed by atoms with Crippen molar-refractivity contribution in [1.29, 1.82) is 0 Å². The molecule has 2 aromatic carbocycles. The highest BCUT2D eigenvalue weighted by atomic mass is 16.5. The Balaban J connectivity index is 1.26. The fourth-order valence-corrected chi connectivity index (χ4v) is 4.32. The SMILES string of the molecule is Cn1c(N2CCN(CCCOc3ccccc3C(=O)/C=C/c3ccccc3)CC2)cc(=O)n(C)c1=O. The number of carbonyl (C=O) groups excluding carboxylic acids is 1. The molecule has 1 fully saturated rings. The third kappa shape index (κ3) is 6.01. The number of para-hydroxylation sites is 1. The van der Waals surface area contributed by atoms with Gasteiger partial charge >= 0.3 is 5.69 Å². The monoisotopic (exact) mass is 488 g/mol. The van der Waals surface area contributed by atoms with Crippen molar-refractivity contribution in [3.05, 3.63) is 98.7 Å². The first kappa shape index (κ1) is 25.2. The van der Waals surface area contributed by atoms with E-state index in [4.69, 9.17) is 4.74 Å². The topological polar surface area (TPSA) is 76.8 Å². The van der Waals surface area contributed by atoms with Crippen LogP contribution in [0.25, 0.3) is 6.08 Å². The normalized spacial score (nSPS) is 14.3. The Labute approximate surface area is 210 Å². The quantitative estimate of drug-likeness (QED) is 0.262. The second-order valence-corrected chi connectivity index (χ2v) is 8.88. The number of aromatic nitrogens is 2. The van der Waals surface area contributed by atoms with Crippen molar-refractivity contribution in [1.82, 2.24) is 14.0 Å². The number of allylic oxidation sites excluding steroid dienone is 1. The van der Waals surface area contributed by atoms with Crippen LogP contribution in [0.4, 0.5) is 5.82 Å². The van der Waals surface area contributed by atoms with Crippen molar-refractivity contribution in [2.45, 2.75) is 6.42 Å². The molecule has 0 saturated carbocycles. The van der Waals surface area contributed by atoms with Crippen molar-refractivity contribution in [3.63, 3.8) is 0 Å². The lowest BCUT2D eigenvalue weighted by Crippen LogP contribution is -2.49. The van der Waals surface area contributed by atoms with Crippen molar-refractivity contribution >= 4 is 17.7 Å². The molecule has 0 amide bonds. The molecule has 3 aromatic rings. The van der Waals surface area contributed by atoms with Crippen LogP contribution in [-0.4, -0.2) is 59.1 Å². The Morgan fingerprint density at radius 3 is 2.36 bits per heavy atom. The molecule has 1 aromatic heterocycles. The molecule has 8 heteroatoms. The van der Waals surface area contributed by atoms with Crippen molar-refractivity contribution in [2.24, 2.45) is 14.1 Å². The minimum Gasteiger partial charge on any atom is -0.493 e. The highest BCUT2D eigenvalue weighted by molar-refractivity contribution is 6.08. The van der Waals surface area contributed by atoms with E-state index in [1.165, 1.54) is 17.7 Å². The third-order valence-electron chi connectivity index (χ3n) is 6.45. The predicted octanol–water partition coefficient (Wildman–Crippen LogP) is 2.57. The first-order valence-electron chi connectivity index (χ1n) is 12.2. The summed E-state index contributed by atoms with van der Waals surface area (Å²) in [6, 6.07) is 18.6. The highest BCUT2D eigenvalue weighted by Gasteiger charge is 2.20. The van der Waals surface area contributed by atoms with Crippen LogP contribution in [0, 0.1) is 0 Å². The molecule has 0 atom stereocenters. The molecule has 2 heterocycles. The molecular formula is C28H32N4O4. The molecule has 0 radical (unpaired) electrons. The molecule has 0 spiro atoms. The number of ketones is 1. The lowest BCUT2D eigenvalue weighted by atomic mass is 10.1. The molecule has 0 bridgehead atoms. The van der Waals surface area contributed by atoms with E-state index in [1.807, 2.05) is 54.6 Å². The maximum atomic E-state index is 12.7. The third-order valence-corrected chi connectivity index (χ3v) is 6.45. The standard InChI is InChI=1S/C28H32N4O4/c1-29-26(21-27(34)30(2)28(29)35)32-18-16-31(17-19-32)15-8-20-36-25-12-7-6-11-23(25)24(33)14-13-22-9-4-3-5-10-22/h3-7,9-14,21H,8,15-20H2,1-2H3/b14-13+. The Morgan fingerprint density at radius 2 is 1.61 bits per heavy atom. The summed E-state index contributed by atoms with van der Waals surface area (Å²) in [7, 11) is 3.19. The minimum atomic E-state index is -0.314. The first-order chi connectivity index (χ1) is 17.4. The number of benzene rings is 2. The van der Waals surface area contributed by atoms with Crippen LogP contribution >= 0.6 is 0 Å². The molecule has 0 N–H and O–H groups in total. The Morgan fingerprint density at radius 1 is 0.917 bits per heavy atom. The van der Waals surface area contributed by atoms with E-state index in [2.05, 4.69) is 9.80 Å². The van der Waals surface area contributed by atoms with Gasteiger partial charge in [0.1, 0.15) is 11.6 Å². The summed E-state index contributed by atoms with van der Waals surface area (Å²) >= 11 is 0. The van der Waals surface area contributed by atoms with Gasteiger partial charge < -0.3 is 9.64 Å². The number of hydrogen-bond acceptors (Lipinski definition) is 6. The van der Waals surface area contributed by atoms with Crippen LogP contribution < -0.4 is 20.9 Å². The minimum absolute atomic E-state index is 0.0873. The van der Waals surface area contributed by atoms with Crippen LogP contribution in [0.2, 0.25) is 0 Å². The van der Waals surface area contributed by atoms with Gasteiger partial charge in [0.05, 0.1) is 12.2 Å². The van der Waals surface area contributed by atoms with Crippen molar-refractivity contribution in [2.75, 3.05) is 44.2 Å². The van der Waals surface area contributed by atoms with Gasteiger partial charge in [-0.2, -0.15) is 0 Å². The molecule has 0 unspecified atom stereocenters. The van der Waals surface area contributed by atoms with Gasteiger partial charge in [-0.1, -0.05) is 48.5 Å². The lowest BCUT2D eigenvalue weighted by Gasteiger charge is -2.36. The molecule has 1 aliphatic rings. The van der Waals surface area contributed by atoms with Gasteiger partial charge in [0.15, 0.2) is 5.78 Å². The summed E-state index contributed by atoms with van der Waals surface area (Å²) in [5.41, 5.74) is 0.924. The number of ether oxygens (including phenoxy) is 1. The van der Waals surface area contributed by atoms with Gasteiger partial charge in [0.25, 0.3) is 5.56 Å². The van der Waals surface area contributed by atoms with Crippen molar-refractivity contribution < 1.29 is 9.53 Å². The molecule has 188 valence electrons. The molecule has 36 heavy (non-hydrogen) atoms. The second-order valence-electron chi connectivity index (χ2n) is 8.88. The Bertz CT molecular complexity index is 1340. The number of nitrogens with zero attached hydrogens (tertiary/aromatic N) is 4. The van der Waals surface area contributed by atoms with Crippen LogP contribution in [0.15, 0.2) is 76.3 Å². The molecular weight excluding hydrogens is 456 g/mol. The zero-order valence-electron chi connectivity index (χ0n) is 20.8. The van der Waals surface area contributed by atoms with E-state index in [0.29, 0.717) is 23.7 Å². The number of anilines is 1.